The predicted molar refractivity (Wildman–Crippen MR) is 87.6 cm³/mol. The number of hydrogen-bond donors (Lipinski definition) is 0. The highest BCUT2D eigenvalue weighted by Crippen LogP contribution is 2.29. The fourth-order valence-electron chi connectivity index (χ4n) is 2.82. The molecule has 3 rings (SSSR count). The third kappa shape index (κ3) is 3.48. The molecule has 1 aliphatic rings. The van der Waals surface area contributed by atoms with Gasteiger partial charge in [0.05, 0.1) is 25.3 Å². The van der Waals surface area contributed by atoms with Gasteiger partial charge in [0.2, 0.25) is 0 Å². The molecule has 5 nitrogen and oxygen atoms in total. The van der Waals surface area contributed by atoms with Crippen molar-refractivity contribution in [3.8, 4) is 0 Å². The topological polar surface area (TPSA) is 47.5 Å². The lowest BCUT2D eigenvalue weighted by Gasteiger charge is -2.19. The molecule has 22 heavy (non-hydrogen) atoms. The van der Waals surface area contributed by atoms with Gasteiger partial charge in [-0.2, -0.15) is 0 Å². The van der Waals surface area contributed by atoms with E-state index in [1.54, 1.807) is 13.4 Å². The zero-order chi connectivity index (χ0) is 15.4. The van der Waals surface area contributed by atoms with Crippen LogP contribution in [0.25, 0.3) is 10.9 Å². The smallest absolute Gasteiger partial charge is 0.139 e. The van der Waals surface area contributed by atoms with Crippen LogP contribution < -0.4 is 4.90 Å². The maximum Gasteiger partial charge on any atom is 0.139 e. The van der Waals surface area contributed by atoms with Gasteiger partial charge in [-0.25, -0.2) is 9.97 Å². The molecular weight excluding hydrogens is 302 g/mol. The van der Waals surface area contributed by atoms with Crippen LogP contribution in [0.5, 0.6) is 0 Å². The van der Waals surface area contributed by atoms with Crippen LogP contribution in [0.15, 0.2) is 24.5 Å². The van der Waals surface area contributed by atoms with Gasteiger partial charge in [-0.05, 0) is 24.6 Å². The Morgan fingerprint density at radius 1 is 1.32 bits per heavy atom. The van der Waals surface area contributed by atoms with Crippen LogP contribution in [0.2, 0.25) is 5.02 Å². The summed E-state index contributed by atoms with van der Waals surface area (Å²) in [4.78, 5) is 11.1. The molecule has 1 saturated heterocycles. The Kier molecular flexibility index (Phi) is 5.08. The third-order valence-corrected chi connectivity index (χ3v) is 4.18. The van der Waals surface area contributed by atoms with Crippen LogP contribution in [-0.4, -0.2) is 50.0 Å². The first-order valence-corrected chi connectivity index (χ1v) is 7.87. The van der Waals surface area contributed by atoms with Crippen molar-refractivity contribution in [3.05, 3.63) is 29.5 Å². The quantitative estimate of drug-likeness (QED) is 0.766. The van der Waals surface area contributed by atoms with E-state index in [-0.39, 0.29) is 0 Å². The lowest BCUT2D eigenvalue weighted by molar-refractivity contribution is 0.0549. The van der Waals surface area contributed by atoms with Gasteiger partial charge in [-0.3, -0.25) is 0 Å². The molecule has 1 fully saturated rings. The molecule has 6 heteroatoms. The number of halogens is 1. The Hall–Kier alpha value is -1.43. The minimum Gasteiger partial charge on any atom is -0.382 e. The van der Waals surface area contributed by atoms with E-state index in [2.05, 4.69) is 14.9 Å². The van der Waals surface area contributed by atoms with E-state index in [0.717, 1.165) is 42.8 Å². The van der Waals surface area contributed by atoms with Gasteiger partial charge in [0.15, 0.2) is 0 Å². The van der Waals surface area contributed by atoms with E-state index in [0.29, 0.717) is 24.2 Å². The molecule has 0 bridgehead atoms. The van der Waals surface area contributed by atoms with Gasteiger partial charge in [-0.1, -0.05) is 11.6 Å². The number of anilines is 1. The van der Waals surface area contributed by atoms with E-state index in [1.807, 2.05) is 18.2 Å². The van der Waals surface area contributed by atoms with Crippen molar-refractivity contribution in [2.24, 2.45) is 5.92 Å². The number of nitrogens with zero attached hydrogens (tertiary/aromatic N) is 3. The Bertz CT molecular complexity index is 638. The molecule has 2 heterocycles. The van der Waals surface area contributed by atoms with E-state index in [4.69, 9.17) is 21.1 Å². The lowest BCUT2D eigenvalue weighted by atomic mass is 10.1. The monoisotopic (exact) mass is 321 g/mol. The van der Waals surface area contributed by atoms with Crippen LogP contribution in [0.1, 0.15) is 6.42 Å². The second kappa shape index (κ2) is 7.22. The van der Waals surface area contributed by atoms with E-state index < -0.39 is 0 Å². The first kappa shape index (κ1) is 15.5. The molecule has 0 aliphatic carbocycles. The minimum absolute atomic E-state index is 0.536. The van der Waals surface area contributed by atoms with Crippen molar-refractivity contribution in [3.63, 3.8) is 0 Å². The summed E-state index contributed by atoms with van der Waals surface area (Å²) < 4.78 is 10.6. The zero-order valence-corrected chi connectivity index (χ0v) is 13.4. The molecule has 118 valence electrons. The second-order valence-electron chi connectivity index (χ2n) is 5.53. The summed E-state index contributed by atoms with van der Waals surface area (Å²) in [6.07, 6.45) is 2.72. The van der Waals surface area contributed by atoms with Gasteiger partial charge in [0.25, 0.3) is 0 Å². The number of methoxy groups -OCH3 is 1. The Morgan fingerprint density at radius 3 is 3.09 bits per heavy atom. The van der Waals surface area contributed by atoms with Gasteiger partial charge in [0.1, 0.15) is 12.1 Å². The molecule has 2 aromatic rings. The highest BCUT2D eigenvalue weighted by Gasteiger charge is 2.25. The molecular formula is C16H20ClN3O2. The number of rotatable bonds is 6. The van der Waals surface area contributed by atoms with E-state index in [9.17, 15) is 0 Å². The highest BCUT2D eigenvalue weighted by atomic mass is 35.5. The third-order valence-electron chi connectivity index (χ3n) is 3.95. The van der Waals surface area contributed by atoms with Crippen molar-refractivity contribution in [1.82, 2.24) is 9.97 Å². The van der Waals surface area contributed by atoms with Crippen LogP contribution in [0, 0.1) is 5.92 Å². The Labute approximate surface area is 135 Å². The largest absolute Gasteiger partial charge is 0.382 e. The molecule has 1 atom stereocenters. The van der Waals surface area contributed by atoms with Crippen LogP contribution >= 0.6 is 11.6 Å². The predicted octanol–water partition coefficient (Wildman–Crippen LogP) is 2.77. The molecule has 0 saturated carbocycles. The second-order valence-corrected chi connectivity index (χ2v) is 5.96. The molecule has 0 spiro atoms. The summed E-state index contributed by atoms with van der Waals surface area (Å²) in [5.41, 5.74) is 0.886. The summed E-state index contributed by atoms with van der Waals surface area (Å²) in [5.74, 6) is 1.52. The van der Waals surface area contributed by atoms with E-state index >= 15 is 0 Å². The number of hydrogen-bond acceptors (Lipinski definition) is 5. The summed E-state index contributed by atoms with van der Waals surface area (Å²) >= 11 is 6.04. The average molecular weight is 322 g/mol. The normalized spacial score (nSPS) is 18.3. The van der Waals surface area contributed by atoms with Crippen molar-refractivity contribution < 1.29 is 9.47 Å². The van der Waals surface area contributed by atoms with Crippen molar-refractivity contribution >= 4 is 28.3 Å². The van der Waals surface area contributed by atoms with Crippen molar-refractivity contribution in [2.75, 3.05) is 44.9 Å². The minimum atomic E-state index is 0.536. The standard InChI is InChI=1S/C16H20ClN3O2/c1-21-6-7-22-10-12-4-5-20(9-12)16-14-3-2-13(17)8-15(14)18-11-19-16/h2-3,8,11-12H,4-7,9-10H2,1H3. The fourth-order valence-corrected chi connectivity index (χ4v) is 2.99. The zero-order valence-electron chi connectivity index (χ0n) is 12.7. The fraction of sp³-hybridized carbons (Fsp3) is 0.500. The van der Waals surface area contributed by atoms with Gasteiger partial charge in [-0.15, -0.1) is 0 Å². The number of ether oxygens (including phenoxy) is 2. The summed E-state index contributed by atoms with van der Waals surface area (Å²) in [5, 5.41) is 1.75. The Balaban J connectivity index is 1.68. The Morgan fingerprint density at radius 2 is 2.23 bits per heavy atom. The van der Waals surface area contributed by atoms with E-state index in [1.165, 1.54) is 0 Å². The summed E-state index contributed by atoms with van der Waals surface area (Å²) in [6, 6.07) is 5.76. The maximum absolute atomic E-state index is 6.04. The number of aromatic nitrogens is 2. The molecule has 1 aliphatic heterocycles. The number of fused-ring (bicyclic) bond motifs is 1. The lowest BCUT2D eigenvalue weighted by Crippen LogP contribution is -2.22. The molecule has 0 N–H and O–H groups in total. The first-order valence-electron chi connectivity index (χ1n) is 7.50. The molecule has 1 unspecified atom stereocenters. The van der Waals surface area contributed by atoms with Gasteiger partial charge in [0, 0.05) is 36.5 Å². The first-order chi connectivity index (χ1) is 10.8. The highest BCUT2D eigenvalue weighted by molar-refractivity contribution is 6.31. The van der Waals surface area contributed by atoms with Crippen LogP contribution in [-0.2, 0) is 9.47 Å². The molecule has 0 amide bonds. The van der Waals surface area contributed by atoms with Gasteiger partial charge < -0.3 is 14.4 Å². The van der Waals surface area contributed by atoms with Crippen LogP contribution in [0.3, 0.4) is 0 Å². The maximum atomic E-state index is 6.04. The SMILES string of the molecule is COCCOCC1CCN(c2ncnc3cc(Cl)ccc23)C1. The van der Waals surface area contributed by atoms with Crippen LogP contribution in [0.4, 0.5) is 5.82 Å². The molecule has 1 aromatic heterocycles. The molecule has 1 aromatic carbocycles. The summed E-state index contributed by atoms with van der Waals surface area (Å²) in [6.45, 7) is 4.03. The average Bonchev–Trinajstić information content (AvgIpc) is 2.99. The van der Waals surface area contributed by atoms with Crippen molar-refractivity contribution in [1.29, 1.82) is 0 Å². The molecule has 0 radical (unpaired) electrons. The van der Waals surface area contributed by atoms with Crippen molar-refractivity contribution in [2.45, 2.75) is 6.42 Å². The summed E-state index contributed by atoms with van der Waals surface area (Å²) in [7, 11) is 1.69. The number of benzene rings is 1. The van der Waals surface area contributed by atoms with Gasteiger partial charge >= 0.3 is 0 Å².